The lowest BCUT2D eigenvalue weighted by atomic mass is 10.2. The van der Waals surface area contributed by atoms with Gasteiger partial charge < -0.3 is 0 Å². The van der Waals surface area contributed by atoms with Gasteiger partial charge in [-0.3, -0.25) is 0 Å². The first-order valence-corrected chi connectivity index (χ1v) is 8.26. The third-order valence-electron chi connectivity index (χ3n) is 2.48. The summed E-state index contributed by atoms with van der Waals surface area (Å²) in [5.41, 5.74) is 0.770. The third kappa shape index (κ3) is 3.33. The van der Waals surface area contributed by atoms with Crippen molar-refractivity contribution in [1.82, 2.24) is 0 Å². The molecule has 0 aliphatic carbocycles. The molecule has 1 aromatic carbocycles. The molecule has 0 bridgehead atoms. The zero-order valence-electron chi connectivity index (χ0n) is 9.18. The van der Waals surface area contributed by atoms with Gasteiger partial charge in [0.25, 0.3) is 0 Å². The minimum absolute atomic E-state index is 0.203. The van der Waals surface area contributed by atoms with Crippen LogP contribution in [-0.2, 0) is 6.04 Å². The lowest BCUT2D eigenvalue weighted by Crippen LogP contribution is -2.49. The highest BCUT2D eigenvalue weighted by Gasteiger charge is 2.50. The quantitative estimate of drug-likeness (QED) is 0.563. The average Bonchev–Trinajstić information content (AvgIpc) is 2.16. The number of hydrogen-bond donors (Lipinski definition) is 0. The molecule has 0 aromatic heterocycles. The van der Waals surface area contributed by atoms with Crippen molar-refractivity contribution >= 4 is 8.07 Å². The van der Waals surface area contributed by atoms with Crippen LogP contribution < -0.4 is 0 Å². The van der Waals surface area contributed by atoms with Crippen LogP contribution in [0.5, 0.6) is 0 Å². The van der Waals surface area contributed by atoms with E-state index >= 15 is 0 Å². The molecule has 0 radical (unpaired) electrons. The number of halogens is 4. The fraction of sp³-hybridized carbons (Fsp3) is 0.455. The number of benzene rings is 1. The van der Waals surface area contributed by atoms with Crippen LogP contribution in [0.3, 0.4) is 0 Å². The van der Waals surface area contributed by atoms with Crippen LogP contribution in [0.15, 0.2) is 30.3 Å². The van der Waals surface area contributed by atoms with Crippen molar-refractivity contribution in [3.05, 3.63) is 35.9 Å². The van der Waals surface area contributed by atoms with E-state index in [1.807, 2.05) is 0 Å². The van der Waals surface area contributed by atoms with Crippen LogP contribution in [0.2, 0.25) is 13.1 Å². The summed E-state index contributed by atoms with van der Waals surface area (Å²) in [4.78, 5) is 0. The molecule has 0 saturated heterocycles. The molecule has 0 saturated carbocycles. The molecule has 0 spiro atoms. The van der Waals surface area contributed by atoms with Gasteiger partial charge in [0, 0.05) is 0 Å². The Balaban J connectivity index is 2.80. The predicted molar refractivity (Wildman–Crippen MR) is 58.6 cm³/mol. The Morgan fingerprint density at radius 2 is 1.62 bits per heavy atom. The lowest BCUT2D eigenvalue weighted by molar-refractivity contribution is -0.159. The maximum absolute atomic E-state index is 13.3. The molecule has 0 fully saturated rings. The highest BCUT2D eigenvalue weighted by Crippen LogP contribution is 2.31. The lowest BCUT2D eigenvalue weighted by Gasteiger charge is -2.28. The van der Waals surface area contributed by atoms with Crippen molar-refractivity contribution in [3.63, 3.8) is 0 Å². The van der Waals surface area contributed by atoms with E-state index < -0.39 is 20.0 Å². The van der Waals surface area contributed by atoms with Gasteiger partial charge >= 0.3 is 6.18 Å². The molecule has 16 heavy (non-hydrogen) atoms. The van der Waals surface area contributed by atoms with Crippen LogP contribution in [0, 0.1) is 0 Å². The van der Waals surface area contributed by atoms with E-state index in [4.69, 9.17) is 0 Å². The molecule has 1 unspecified atom stereocenters. The Labute approximate surface area is 93.3 Å². The van der Waals surface area contributed by atoms with Crippen LogP contribution in [0.25, 0.3) is 0 Å². The molecular formula is C11H14F4Si. The van der Waals surface area contributed by atoms with Crippen LogP contribution in [0.1, 0.15) is 5.56 Å². The smallest absolute Gasteiger partial charge is 0.242 e. The second-order valence-corrected chi connectivity index (χ2v) is 9.39. The summed E-state index contributed by atoms with van der Waals surface area (Å²) in [6.07, 6.45) is -4.73. The van der Waals surface area contributed by atoms with Crippen molar-refractivity contribution < 1.29 is 17.6 Å². The van der Waals surface area contributed by atoms with Gasteiger partial charge in [-0.05, 0) is 6.04 Å². The van der Waals surface area contributed by atoms with Crippen molar-refractivity contribution in [2.75, 3.05) is 0 Å². The Bertz CT molecular complexity index is 332. The summed E-state index contributed by atoms with van der Waals surface area (Å²) < 4.78 is 50.2. The maximum Gasteiger partial charge on any atom is 0.416 e. The van der Waals surface area contributed by atoms with Gasteiger partial charge in [0.05, 0.1) is 0 Å². The average molecular weight is 250 g/mol. The standard InChI is InChI=1S/C11H14F4Si/c1-16(2,10(12)11(13,14)15)8-9-6-4-3-5-7-9/h3-7,10H,8H2,1-2H3. The second-order valence-electron chi connectivity index (χ2n) is 4.56. The largest absolute Gasteiger partial charge is 0.416 e. The molecule has 0 N–H and O–H groups in total. The summed E-state index contributed by atoms with van der Waals surface area (Å²) >= 11 is 0. The molecule has 1 atom stereocenters. The van der Waals surface area contributed by atoms with Gasteiger partial charge in [-0.2, -0.15) is 13.2 Å². The van der Waals surface area contributed by atoms with E-state index in [2.05, 4.69) is 0 Å². The van der Waals surface area contributed by atoms with Crippen molar-refractivity contribution in [2.45, 2.75) is 31.1 Å². The zero-order valence-corrected chi connectivity index (χ0v) is 10.2. The van der Waals surface area contributed by atoms with E-state index in [1.54, 1.807) is 30.3 Å². The monoisotopic (exact) mass is 250 g/mol. The van der Waals surface area contributed by atoms with Gasteiger partial charge in [-0.25, -0.2) is 4.39 Å². The molecule has 0 nitrogen and oxygen atoms in total. The van der Waals surface area contributed by atoms with Gasteiger partial charge in [0.15, 0.2) is 5.79 Å². The summed E-state index contributed by atoms with van der Waals surface area (Å²) in [5, 5.41) is 0. The molecular weight excluding hydrogens is 236 g/mol. The van der Waals surface area contributed by atoms with Crippen molar-refractivity contribution in [2.24, 2.45) is 0 Å². The number of rotatable bonds is 3. The van der Waals surface area contributed by atoms with E-state index in [0.717, 1.165) is 5.56 Å². The predicted octanol–water partition coefficient (Wildman–Crippen LogP) is 3.92. The van der Waals surface area contributed by atoms with E-state index in [9.17, 15) is 17.6 Å². The minimum atomic E-state index is -4.73. The zero-order chi connectivity index (χ0) is 12.4. The summed E-state index contributed by atoms with van der Waals surface area (Å²) in [6.45, 7) is 2.86. The third-order valence-corrected chi connectivity index (χ3v) is 5.50. The van der Waals surface area contributed by atoms with Crippen LogP contribution in [-0.4, -0.2) is 20.0 Å². The van der Waals surface area contributed by atoms with E-state index in [0.29, 0.717) is 0 Å². The highest BCUT2D eigenvalue weighted by atomic mass is 28.3. The first-order chi connectivity index (χ1) is 7.23. The number of hydrogen-bond acceptors (Lipinski definition) is 0. The summed E-state index contributed by atoms with van der Waals surface area (Å²) in [7, 11) is -2.97. The Hall–Kier alpha value is -0.843. The first-order valence-electron chi connectivity index (χ1n) is 4.98. The van der Waals surface area contributed by atoms with Crippen molar-refractivity contribution in [1.29, 1.82) is 0 Å². The minimum Gasteiger partial charge on any atom is -0.242 e. The van der Waals surface area contributed by atoms with Gasteiger partial charge in [0.2, 0.25) is 0 Å². The molecule has 5 heteroatoms. The van der Waals surface area contributed by atoms with E-state index in [1.165, 1.54) is 13.1 Å². The van der Waals surface area contributed by atoms with Gasteiger partial charge in [0.1, 0.15) is 8.07 Å². The molecule has 0 aliphatic rings. The normalized spacial score (nSPS) is 14.9. The SMILES string of the molecule is C[Si](C)(Cc1ccccc1)C(F)C(F)(F)F. The van der Waals surface area contributed by atoms with Gasteiger partial charge in [-0.1, -0.05) is 49.0 Å². The second kappa shape index (κ2) is 4.57. The molecule has 0 amide bonds. The summed E-state index contributed by atoms with van der Waals surface area (Å²) in [6, 6.07) is 8.96. The Kier molecular flexibility index (Phi) is 3.78. The fourth-order valence-corrected chi connectivity index (χ4v) is 4.01. The van der Waals surface area contributed by atoms with Crippen LogP contribution in [0.4, 0.5) is 17.6 Å². The summed E-state index contributed by atoms with van der Waals surface area (Å²) in [5.74, 6) is -2.67. The van der Waals surface area contributed by atoms with Crippen molar-refractivity contribution in [3.8, 4) is 0 Å². The molecule has 0 aliphatic heterocycles. The Morgan fingerprint density at radius 1 is 1.12 bits per heavy atom. The fourth-order valence-electron chi connectivity index (χ4n) is 1.65. The molecule has 90 valence electrons. The highest BCUT2D eigenvalue weighted by molar-refractivity contribution is 6.78. The molecule has 1 rings (SSSR count). The molecule has 1 aromatic rings. The number of alkyl halides is 4. The maximum atomic E-state index is 13.3. The molecule has 0 heterocycles. The first kappa shape index (κ1) is 13.2. The topological polar surface area (TPSA) is 0 Å². The van der Waals surface area contributed by atoms with Gasteiger partial charge in [-0.15, -0.1) is 0 Å². The van der Waals surface area contributed by atoms with Crippen LogP contribution >= 0.6 is 0 Å². The van der Waals surface area contributed by atoms with E-state index in [-0.39, 0.29) is 6.04 Å². The Morgan fingerprint density at radius 3 is 2.06 bits per heavy atom.